The van der Waals surface area contributed by atoms with Gasteiger partial charge in [-0.15, -0.1) is 10.2 Å². The Labute approximate surface area is 157 Å². The van der Waals surface area contributed by atoms with Gasteiger partial charge in [0.1, 0.15) is 11.6 Å². The lowest BCUT2D eigenvalue weighted by atomic mass is 10.1. The summed E-state index contributed by atoms with van der Waals surface area (Å²) in [4.78, 5) is 12.6. The molecule has 0 aliphatic carbocycles. The number of aromatic nitrogens is 3. The molecule has 1 aliphatic rings. The van der Waals surface area contributed by atoms with Gasteiger partial charge in [0.25, 0.3) is 5.91 Å². The van der Waals surface area contributed by atoms with Crippen molar-refractivity contribution < 1.29 is 9.90 Å². The summed E-state index contributed by atoms with van der Waals surface area (Å²) >= 11 is 0. The SMILES string of the molecule is Cc1cccc(C(=O)Nc2cccc(-c3nnc4n3CCCCC4)c2)c1O. The number of fused-ring (bicyclic) bond motifs is 1. The van der Waals surface area contributed by atoms with Crippen molar-refractivity contribution in [3.05, 3.63) is 59.4 Å². The Morgan fingerprint density at radius 1 is 1.11 bits per heavy atom. The molecule has 0 bridgehead atoms. The molecule has 0 spiro atoms. The van der Waals surface area contributed by atoms with Crippen LogP contribution in [-0.2, 0) is 13.0 Å². The highest BCUT2D eigenvalue weighted by atomic mass is 16.3. The van der Waals surface area contributed by atoms with Gasteiger partial charge < -0.3 is 15.0 Å². The quantitative estimate of drug-likeness (QED) is 0.740. The molecule has 4 rings (SSSR count). The molecule has 27 heavy (non-hydrogen) atoms. The number of benzene rings is 2. The number of aromatic hydroxyl groups is 1. The summed E-state index contributed by atoms with van der Waals surface area (Å²) in [6, 6.07) is 12.7. The molecular weight excluding hydrogens is 340 g/mol. The third-order valence-electron chi connectivity index (χ3n) is 4.97. The summed E-state index contributed by atoms with van der Waals surface area (Å²) in [6.45, 7) is 2.69. The van der Waals surface area contributed by atoms with Gasteiger partial charge in [-0.2, -0.15) is 0 Å². The summed E-state index contributed by atoms with van der Waals surface area (Å²) in [6.07, 6.45) is 4.43. The van der Waals surface area contributed by atoms with Gasteiger partial charge in [-0.05, 0) is 43.5 Å². The van der Waals surface area contributed by atoms with Crippen LogP contribution >= 0.6 is 0 Å². The number of phenolic OH excluding ortho intramolecular Hbond substituents is 1. The highest BCUT2D eigenvalue weighted by Crippen LogP contribution is 2.26. The van der Waals surface area contributed by atoms with Crippen LogP contribution in [0.3, 0.4) is 0 Å². The molecule has 2 heterocycles. The van der Waals surface area contributed by atoms with Crippen LogP contribution in [0, 0.1) is 6.92 Å². The minimum absolute atomic E-state index is 0.00827. The van der Waals surface area contributed by atoms with Crippen LogP contribution in [0.5, 0.6) is 5.75 Å². The van der Waals surface area contributed by atoms with E-state index in [0.29, 0.717) is 11.3 Å². The molecule has 1 aliphatic heterocycles. The molecule has 0 atom stereocenters. The van der Waals surface area contributed by atoms with Crippen LogP contribution in [0.15, 0.2) is 42.5 Å². The number of hydrogen-bond donors (Lipinski definition) is 2. The first kappa shape index (κ1) is 17.3. The van der Waals surface area contributed by atoms with E-state index in [1.807, 2.05) is 24.3 Å². The molecule has 138 valence electrons. The number of nitrogens with zero attached hydrogens (tertiary/aromatic N) is 3. The highest BCUT2D eigenvalue weighted by Gasteiger charge is 2.17. The Bertz CT molecular complexity index is 994. The predicted molar refractivity (Wildman–Crippen MR) is 104 cm³/mol. The standard InChI is InChI=1S/C21H22N4O2/c1-14-7-5-10-17(19(14)26)21(27)22-16-9-6-8-15(13-16)20-24-23-18-11-3-2-4-12-25(18)20/h5-10,13,26H,2-4,11-12H2,1H3,(H,22,27). The second kappa shape index (κ2) is 7.23. The van der Waals surface area contributed by atoms with Crippen molar-refractivity contribution in [1.29, 1.82) is 0 Å². The molecule has 0 saturated carbocycles. The molecular formula is C21H22N4O2. The van der Waals surface area contributed by atoms with Crippen LogP contribution in [0.1, 0.15) is 41.0 Å². The van der Waals surface area contributed by atoms with Gasteiger partial charge in [-0.3, -0.25) is 4.79 Å². The van der Waals surface area contributed by atoms with Gasteiger partial charge >= 0.3 is 0 Å². The minimum Gasteiger partial charge on any atom is -0.507 e. The third-order valence-corrected chi connectivity index (χ3v) is 4.97. The molecule has 1 amide bonds. The summed E-state index contributed by atoms with van der Waals surface area (Å²) in [7, 11) is 0. The molecule has 6 nitrogen and oxygen atoms in total. The Morgan fingerprint density at radius 2 is 1.96 bits per heavy atom. The lowest BCUT2D eigenvalue weighted by Crippen LogP contribution is -2.12. The average Bonchev–Trinajstić information content (AvgIpc) is 2.92. The first-order chi connectivity index (χ1) is 13.1. The van der Waals surface area contributed by atoms with E-state index in [0.717, 1.165) is 43.0 Å². The van der Waals surface area contributed by atoms with Crippen LogP contribution in [0.4, 0.5) is 5.69 Å². The number of amides is 1. The van der Waals surface area contributed by atoms with Crippen molar-refractivity contribution in [2.75, 3.05) is 5.32 Å². The monoisotopic (exact) mass is 362 g/mol. The normalized spacial score (nSPS) is 13.7. The molecule has 1 aromatic heterocycles. The van der Waals surface area contributed by atoms with Crippen molar-refractivity contribution in [3.8, 4) is 17.1 Å². The number of rotatable bonds is 3. The molecule has 0 fully saturated rings. The first-order valence-corrected chi connectivity index (χ1v) is 9.26. The van der Waals surface area contributed by atoms with Crippen LogP contribution in [0.25, 0.3) is 11.4 Å². The van der Waals surface area contributed by atoms with E-state index in [4.69, 9.17) is 0 Å². The molecule has 2 N–H and O–H groups in total. The predicted octanol–water partition coefficient (Wildman–Crippen LogP) is 3.94. The molecule has 3 aromatic rings. The molecule has 0 unspecified atom stereocenters. The van der Waals surface area contributed by atoms with E-state index < -0.39 is 0 Å². The summed E-state index contributed by atoms with van der Waals surface area (Å²) in [5, 5.41) is 21.7. The summed E-state index contributed by atoms with van der Waals surface area (Å²) in [5.41, 5.74) is 2.51. The first-order valence-electron chi connectivity index (χ1n) is 9.26. The zero-order valence-corrected chi connectivity index (χ0v) is 15.3. The van der Waals surface area contributed by atoms with Gasteiger partial charge in [0.2, 0.25) is 0 Å². The Balaban J connectivity index is 1.61. The van der Waals surface area contributed by atoms with Gasteiger partial charge in [-0.25, -0.2) is 0 Å². The number of carbonyl (C=O) groups is 1. The average molecular weight is 362 g/mol. The minimum atomic E-state index is -0.339. The van der Waals surface area contributed by atoms with E-state index in [9.17, 15) is 9.90 Å². The second-order valence-corrected chi connectivity index (χ2v) is 6.91. The smallest absolute Gasteiger partial charge is 0.259 e. The van der Waals surface area contributed by atoms with Crippen LogP contribution in [0.2, 0.25) is 0 Å². The maximum Gasteiger partial charge on any atom is 0.259 e. The van der Waals surface area contributed by atoms with Crippen LogP contribution in [-0.4, -0.2) is 25.8 Å². The Hall–Kier alpha value is -3.15. The lowest BCUT2D eigenvalue weighted by Gasteiger charge is -2.10. The second-order valence-electron chi connectivity index (χ2n) is 6.91. The topological polar surface area (TPSA) is 80.0 Å². The highest BCUT2D eigenvalue weighted by molar-refractivity contribution is 6.06. The zero-order valence-electron chi connectivity index (χ0n) is 15.3. The van der Waals surface area contributed by atoms with Crippen molar-refractivity contribution in [1.82, 2.24) is 14.8 Å². The van der Waals surface area contributed by atoms with E-state index in [2.05, 4.69) is 20.1 Å². The number of para-hydroxylation sites is 1. The fraction of sp³-hybridized carbons (Fsp3) is 0.286. The maximum atomic E-state index is 12.6. The maximum absolute atomic E-state index is 12.6. The van der Waals surface area contributed by atoms with Crippen molar-refractivity contribution in [2.24, 2.45) is 0 Å². The Morgan fingerprint density at radius 3 is 2.85 bits per heavy atom. The number of aryl methyl sites for hydroxylation is 2. The number of phenols is 1. The molecule has 6 heteroatoms. The number of hydrogen-bond acceptors (Lipinski definition) is 4. The largest absolute Gasteiger partial charge is 0.507 e. The van der Waals surface area contributed by atoms with Gasteiger partial charge in [0, 0.05) is 24.2 Å². The zero-order chi connectivity index (χ0) is 18.8. The van der Waals surface area contributed by atoms with E-state index in [-0.39, 0.29) is 17.2 Å². The Kier molecular flexibility index (Phi) is 4.62. The van der Waals surface area contributed by atoms with Gasteiger partial charge in [0.15, 0.2) is 5.82 Å². The molecule has 0 radical (unpaired) electrons. The van der Waals surface area contributed by atoms with Gasteiger partial charge in [-0.1, -0.05) is 30.7 Å². The summed E-state index contributed by atoms with van der Waals surface area (Å²) < 4.78 is 2.18. The molecule has 2 aromatic carbocycles. The van der Waals surface area contributed by atoms with E-state index in [1.165, 1.54) is 6.42 Å². The third kappa shape index (κ3) is 3.43. The van der Waals surface area contributed by atoms with Crippen molar-refractivity contribution in [2.45, 2.75) is 39.2 Å². The van der Waals surface area contributed by atoms with Crippen molar-refractivity contribution >= 4 is 11.6 Å². The number of carbonyl (C=O) groups excluding carboxylic acids is 1. The summed E-state index contributed by atoms with van der Waals surface area (Å²) in [5.74, 6) is 1.53. The number of anilines is 1. The van der Waals surface area contributed by atoms with Crippen LogP contribution < -0.4 is 5.32 Å². The lowest BCUT2D eigenvalue weighted by molar-refractivity contribution is 0.102. The van der Waals surface area contributed by atoms with Gasteiger partial charge in [0.05, 0.1) is 5.56 Å². The number of nitrogens with one attached hydrogen (secondary N) is 1. The fourth-order valence-corrected chi connectivity index (χ4v) is 3.48. The van der Waals surface area contributed by atoms with Crippen molar-refractivity contribution in [3.63, 3.8) is 0 Å². The van der Waals surface area contributed by atoms with E-state index in [1.54, 1.807) is 25.1 Å². The fourth-order valence-electron chi connectivity index (χ4n) is 3.48. The van der Waals surface area contributed by atoms with E-state index >= 15 is 0 Å². The molecule has 0 saturated heterocycles.